The van der Waals surface area contributed by atoms with Crippen molar-refractivity contribution in [3.05, 3.63) is 35.9 Å². The zero-order valence-corrected chi connectivity index (χ0v) is 11.9. The Morgan fingerprint density at radius 1 is 1.30 bits per heavy atom. The van der Waals surface area contributed by atoms with Gasteiger partial charge in [-0.1, -0.05) is 30.3 Å². The van der Waals surface area contributed by atoms with E-state index in [9.17, 15) is 0 Å². The smallest absolute Gasteiger partial charge is 0.205 e. The Bertz CT molecular complexity index is 460. The lowest BCUT2D eigenvalue weighted by Crippen LogP contribution is -2.65. The number of benzene rings is 1. The van der Waals surface area contributed by atoms with Crippen LogP contribution in [0.2, 0.25) is 0 Å². The van der Waals surface area contributed by atoms with E-state index in [1.807, 2.05) is 0 Å². The van der Waals surface area contributed by atoms with Crippen LogP contribution >= 0.6 is 0 Å². The van der Waals surface area contributed by atoms with Crippen LogP contribution in [-0.2, 0) is 6.54 Å². The molecule has 2 bridgehead atoms. The molecule has 1 aromatic carbocycles. The van der Waals surface area contributed by atoms with E-state index in [4.69, 9.17) is 5.84 Å². The van der Waals surface area contributed by atoms with E-state index >= 15 is 0 Å². The molecule has 1 aliphatic carbocycles. The van der Waals surface area contributed by atoms with Gasteiger partial charge in [0.2, 0.25) is 5.96 Å². The van der Waals surface area contributed by atoms with Crippen LogP contribution in [-0.4, -0.2) is 37.0 Å². The van der Waals surface area contributed by atoms with Crippen LogP contribution < -0.4 is 16.6 Å². The van der Waals surface area contributed by atoms with Crippen LogP contribution in [0.15, 0.2) is 35.3 Å². The van der Waals surface area contributed by atoms with Crippen LogP contribution in [0.3, 0.4) is 0 Å². The molecule has 2 unspecified atom stereocenters. The van der Waals surface area contributed by atoms with Crippen molar-refractivity contribution in [2.24, 2.45) is 22.7 Å². The number of nitrogens with zero attached hydrogens (tertiary/aromatic N) is 2. The van der Waals surface area contributed by atoms with Gasteiger partial charge in [-0.15, -0.1) is 0 Å². The lowest BCUT2D eigenvalue weighted by atomic mass is 9.66. The SMILES string of the molecule is CN=C(NN)NC1C2CC1CN(Cc1ccccc1)C2. The van der Waals surface area contributed by atoms with Crippen molar-refractivity contribution in [1.82, 2.24) is 15.6 Å². The molecule has 0 spiro atoms. The second-order valence-corrected chi connectivity index (χ2v) is 5.82. The summed E-state index contributed by atoms with van der Waals surface area (Å²) < 4.78 is 0. The molecule has 3 aliphatic rings. The van der Waals surface area contributed by atoms with Gasteiger partial charge in [0.1, 0.15) is 0 Å². The zero-order valence-electron chi connectivity index (χ0n) is 11.9. The summed E-state index contributed by atoms with van der Waals surface area (Å²) in [5, 5.41) is 3.43. The summed E-state index contributed by atoms with van der Waals surface area (Å²) in [5.74, 6) is 7.55. The quantitative estimate of drug-likeness (QED) is 0.326. The number of piperidine rings is 2. The number of hydrazine groups is 1. The molecule has 4 N–H and O–H groups in total. The number of aliphatic imine (C=N–C) groups is 1. The fourth-order valence-electron chi connectivity index (χ4n) is 3.52. The molecule has 2 saturated heterocycles. The first kappa shape index (κ1) is 13.4. The highest BCUT2D eigenvalue weighted by atomic mass is 15.3. The molecule has 4 rings (SSSR count). The molecule has 0 aromatic heterocycles. The molecule has 1 aromatic rings. The van der Waals surface area contributed by atoms with Crippen molar-refractivity contribution in [2.75, 3.05) is 20.1 Å². The van der Waals surface area contributed by atoms with Crippen molar-refractivity contribution in [2.45, 2.75) is 19.0 Å². The molecule has 2 heterocycles. The molecular weight excluding hydrogens is 250 g/mol. The first-order chi connectivity index (χ1) is 9.80. The number of nitrogens with two attached hydrogens (primary N) is 1. The summed E-state index contributed by atoms with van der Waals surface area (Å²) in [6.07, 6.45) is 1.32. The molecule has 5 heteroatoms. The van der Waals surface area contributed by atoms with E-state index in [0.717, 1.165) is 19.6 Å². The summed E-state index contributed by atoms with van der Waals surface area (Å²) >= 11 is 0. The van der Waals surface area contributed by atoms with E-state index in [1.54, 1.807) is 7.05 Å². The molecule has 0 radical (unpaired) electrons. The highest BCUT2D eigenvalue weighted by Crippen LogP contribution is 2.40. The van der Waals surface area contributed by atoms with Crippen molar-refractivity contribution < 1.29 is 0 Å². The Balaban J connectivity index is 1.54. The second-order valence-electron chi connectivity index (χ2n) is 5.82. The molecule has 2 atom stereocenters. The summed E-state index contributed by atoms with van der Waals surface area (Å²) in [7, 11) is 1.75. The Morgan fingerprint density at radius 2 is 2.00 bits per heavy atom. The minimum Gasteiger partial charge on any atom is -0.352 e. The number of hydrogen-bond donors (Lipinski definition) is 3. The largest absolute Gasteiger partial charge is 0.352 e. The van der Waals surface area contributed by atoms with Gasteiger partial charge in [-0.2, -0.15) is 0 Å². The second kappa shape index (κ2) is 5.81. The minimum atomic E-state index is 0.525. The highest BCUT2D eigenvalue weighted by Gasteiger charge is 2.46. The van der Waals surface area contributed by atoms with E-state index in [0.29, 0.717) is 23.8 Å². The maximum Gasteiger partial charge on any atom is 0.205 e. The van der Waals surface area contributed by atoms with E-state index in [2.05, 4.69) is 51.0 Å². The average molecular weight is 273 g/mol. The van der Waals surface area contributed by atoms with E-state index < -0.39 is 0 Å². The van der Waals surface area contributed by atoms with Gasteiger partial charge in [0, 0.05) is 32.7 Å². The van der Waals surface area contributed by atoms with Crippen molar-refractivity contribution in [3.8, 4) is 0 Å². The van der Waals surface area contributed by atoms with E-state index in [-0.39, 0.29) is 0 Å². The van der Waals surface area contributed by atoms with Gasteiger partial charge in [-0.25, -0.2) is 5.84 Å². The average Bonchev–Trinajstić information content (AvgIpc) is 2.49. The molecule has 2 aliphatic heterocycles. The Kier molecular flexibility index (Phi) is 3.89. The number of hydrogen-bond acceptors (Lipinski definition) is 3. The first-order valence-corrected chi connectivity index (χ1v) is 7.26. The lowest BCUT2D eigenvalue weighted by molar-refractivity contribution is -0.0107. The molecule has 0 amide bonds. The molecule has 108 valence electrons. The van der Waals surface area contributed by atoms with Crippen LogP contribution in [0.4, 0.5) is 0 Å². The Labute approximate surface area is 120 Å². The third kappa shape index (κ3) is 2.64. The van der Waals surface area contributed by atoms with Crippen LogP contribution in [0, 0.1) is 11.8 Å². The molecule has 1 saturated carbocycles. The monoisotopic (exact) mass is 273 g/mol. The predicted octanol–water partition coefficient (Wildman–Crippen LogP) is 0.546. The first-order valence-electron chi connectivity index (χ1n) is 7.26. The van der Waals surface area contributed by atoms with Crippen LogP contribution in [0.5, 0.6) is 0 Å². The zero-order chi connectivity index (χ0) is 13.9. The maximum absolute atomic E-state index is 5.44. The number of rotatable bonds is 3. The van der Waals surface area contributed by atoms with Gasteiger partial charge in [0.15, 0.2) is 0 Å². The van der Waals surface area contributed by atoms with Crippen molar-refractivity contribution in [1.29, 1.82) is 0 Å². The van der Waals surface area contributed by atoms with Gasteiger partial charge >= 0.3 is 0 Å². The summed E-state index contributed by atoms with van der Waals surface area (Å²) in [5.41, 5.74) is 4.02. The van der Waals surface area contributed by atoms with Crippen LogP contribution in [0.25, 0.3) is 0 Å². The maximum atomic E-state index is 5.44. The van der Waals surface area contributed by atoms with Gasteiger partial charge in [0.25, 0.3) is 0 Å². The summed E-state index contributed by atoms with van der Waals surface area (Å²) in [6, 6.07) is 11.2. The van der Waals surface area contributed by atoms with Gasteiger partial charge in [-0.3, -0.25) is 15.3 Å². The molecule has 5 nitrogen and oxygen atoms in total. The molecular formula is C15H23N5. The standard InChI is InChI=1S/C15H23N5/c1-17-15(19-16)18-14-12-7-13(14)10-20(9-12)8-11-5-3-2-4-6-11/h2-6,12-14H,7-10,16H2,1H3,(H2,17,18,19). The lowest BCUT2D eigenvalue weighted by Gasteiger charge is -2.54. The fourth-order valence-corrected chi connectivity index (χ4v) is 3.52. The third-order valence-electron chi connectivity index (χ3n) is 4.52. The van der Waals surface area contributed by atoms with Gasteiger partial charge in [-0.05, 0) is 23.8 Å². The topological polar surface area (TPSA) is 65.7 Å². The fraction of sp³-hybridized carbons (Fsp3) is 0.533. The number of guanidine groups is 1. The van der Waals surface area contributed by atoms with Crippen LogP contribution in [0.1, 0.15) is 12.0 Å². The number of nitrogens with one attached hydrogen (secondary N) is 2. The normalized spacial score (nSPS) is 29.7. The highest BCUT2D eigenvalue weighted by molar-refractivity contribution is 5.79. The van der Waals surface area contributed by atoms with Gasteiger partial charge in [0.05, 0.1) is 0 Å². The predicted molar refractivity (Wildman–Crippen MR) is 80.9 cm³/mol. The number of fused-ring (bicyclic) bond motifs is 2. The molecule has 20 heavy (non-hydrogen) atoms. The van der Waals surface area contributed by atoms with E-state index in [1.165, 1.54) is 12.0 Å². The third-order valence-corrected chi connectivity index (χ3v) is 4.52. The van der Waals surface area contributed by atoms with Gasteiger partial charge < -0.3 is 5.32 Å². The minimum absolute atomic E-state index is 0.525. The van der Waals surface area contributed by atoms with Crippen molar-refractivity contribution >= 4 is 5.96 Å². The Hall–Kier alpha value is -1.59. The molecule has 3 fully saturated rings. The summed E-state index contributed by atoms with van der Waals surface area (Å²) in [6.45, 7) is 3.37. The Morgan fingerprint density at radius 3 is 2.60 bits per heavy atom. The van der Waals surface area contributed by atoms with Crippen molar-refractivity contribution in [3.63, 3.8) is 0 Å². The summed E-state index contributed by atoms with van der Waals surface area (Å²) in [4.78, 5) is 6.66.